The fourth-order valence-corrected chi connectivity index (χ4v) is 2.52. The second-order valence-corrected chi connectivity index (χ2v) is 3.99. The summed E-state index contributed by atoms with van der Waals surface area (Å²) in [7, 11) is 0. The molecule has 64 valence electrons. The van der Waals surface area contributed by atoms with E-state index in [1.807, 2.05) is 11.5 Å². The number of carbonyl (C=O) groups is 1. The van der Waals surface area contributed by atoms with Gasteiger partial charge in [0.25, 0.3) is 5.91 Å². The lowest BCUT2D eigenvalue weighted by molar-refractivity contribution is -0.113. The van der Waals surface area contributed by atoms with Crippen LogP contribution in [0.5, 0.6) is 0 Å². The third-order valence-electron chi connectivity index (χ3n) is 2.23. The van der Waals surface area contributed by atoms with Crippen LogP contribution in [0.1, 0.15) is 0 Å². The van der Waals surface area contributed by atoms with Gasteiger partial charge >= 0.3 is 0 Å². The zero-order valence-corrected chi connectivity index (χ0v) is 7.36. The van der Waals surface area contributed by atoms with Crippen LogP contribution in [0.3, 0.4) is 0 Å². The van der Waals surface area contributed by atoms with Crippen LogP contribution < -0.4 is 0 Å². The summed E-state index contributed by atoms with van der Waals surface area (Å²) in [6.07, 6.45) is 3.62. The highest BCUT2D eigenvalue weighted by atomic mass is 32.2. The van der Waals surface area contributed by atoms with Crippen molar-refractivity contribution in [2.75, 3.05) is 0 Å². The number of nitrogens with zero attached hydrogens (tertiary/aromatic N) is 3. The average molecular weight is 191 g/mol. The van der Waals surface area contributed by atoms with Crippen molar-refractivity contribution in [1.82, 2.24) is 0 Å². The number of aliphatic imine (C=N–C) groups is 1. The molecule has 0 N–H and O–H groups in total. The third-order valence-corrected chi connectivity index (χ3v) is 3.24. The summed E-state index contributed by atoms with van der Waals surface area (Å²) in [6, 6.07) is 0. The molecule has 3 heterocycles. The normalized spacial score (nSPS) is 34.3. The van der Waals surface area contributed by atoms with Crippen LogP contribution in [0.15, 0.2) is 38.0 Å². The molecule has 0 aromatic rings. The molecule has 0 fully saturated rings. The minimum absolute atomic E-state index is 0.153. The Kier molecular flexibility index (Phi) is 1.32. The molecule has 1 amide bonds. The van der Waals surface area contributed by atoms with Crippen LogP contribution in [-0.4, -0.2) is 17.5 Å². The second-order valence-electron chi connectivity index (χ2n) is 2.96. The number of azo groups is 1. The number of fused-ring (bicyclic) bond motifs is 2. The molecule has 4 nitrogen and oxygen atoms in total. The van der Waals surface area contributed by atoms with E-state index in [1.165, 1.54) is 0 Å². The Morgan fingerprint density at radius 2 is 2.31 bits per heavy atom. The lowest BCUT2D eigenvalue weighted by Crippen LogP contribution is -2.18. The molecule has 3 rings (SSSR count). The molecule has 13 heavy (non-hydrogen) atoms. The van der Waals surface area contributed by atoms with Gasteiger partial charge in [-0.3, -0.25) is 9.79 Å². The number of amides is 1. The predicted octanol–water partition coefficient (Wildman–Crippen LogP) is 1.52. The van der Waals surface area contributed by atoms with E-state index >= 15 is 0 Å². The summed E-state index contributed by atoms with van der Waals surface area (Å²) in [5.41, 5.74) is 1.35. The van der Waals surface area contributed by atoms with Crippen molar-refractivity contribution in [2.24, 2.45) is 21.1 Å². The van der Waals surface area contributed by atoms with Crippen LogP contribution >= 0.6 is 11.8 Å². The smallest absolute Gasteiger partial charge is 0.277 e. The standard InChI is InChI=1S/C8H5N3OS/c12-7-5-3-9-8-4(1-2-13-8)6(5)10-11-7/h1-4,8H. The minimum atomic E-state index is -0.262. The third kappa shape index (κ3) is 0.875. The molecule has 0 aromatic heterocycles. The molecule has 0 aliphatic carbocycles. The van der Waals surface area contributed by atoms with Crippen molar-refractivity contribution in [2.45, 2.75) is 5.37 Å². The number of rotatable bonds is 0. The van der Waals surface area contributed by atoms with E-state index in [0.717, 1.165) is 5.70 Å². The molecular formula is C8H5N3OS. The Labute approximate surface area is 78.5 Å². The van der Waals surface area contributed by atoms with Crippen LogP contribution in [0, 0.1) is 5.92 Å². The molecule has 5 heteroatoms. The maximum Gasteiger partial charge on any atom is 0.298 e. The molecular weight excluding hydrogens is 186 g/mol. The molecule has 2 atom stereocenters. The van der Waals surface area contributed by atoms with Crippen molar-refractivity contribution in [3.63, 3.8) is 0 Å². The highest BCUT2D eigenvalue weighted by Crippen LogP contribution is 2.40. The van der Waals surface area contributed by atoms with Crippen molar-refractivity contribution in [3.05, 3.63) is 22.8 Å². The van der Waals surface area contributed by atoms with Crippen molar-refractivity contribution >= 4 is 23.9 Å². The predicted molar refractivity (Wildman–Crippen MR) is 49.4 cm³/mol. The molecule has 0 radical (unpaired) electrons. The summed E-state index contributed by atoms with van der Waals surface area (Å²) in [5, 5.41) is 9.57. The zero-order chi connectivity index (χ0) is 8.84. The molecule has 2 unspecified atom stereocenters. The molecule has 3 aliphatic rings. The molecule has 3 aliphatic heterocycles. The van der Waals surface area contributed by atoms with E-state index in [1.54, 1.807) is 18.0 Å². The van der Waals surface area contributed by atoms with Gasteiger partial charge in [-0.25, -0.2) is 0 Å². The van der Waals surface area contributed by atoms with E-state index in [9.17, 15) is 4.79 Å². The molecule has 0 aromatic carbocycles. The van der Waals surface area contributed by atoms with Gasteiger partial charge in [-0.15, -0.1) is 16.9 Å². The van der Waals surface area contributed by atoms with Gasteiger partial charge in [0, 0.05) is 6.21 Å². The number of hydrogen-bond acceptors (Lipinski definition) is 4. The Hall–Kier alpha value is -1.23. The first kappa shape index (κ1) is 7.20. The molecule has 0 saturated carbocycles. The topological polar surface area (TPSA) is 54.1 Å². The van der Waals surface area contributed by atoms with Crippen molar-refractivity contribution < 1.29 is 4.79 Å². The first-order chi connectivity index (χ1) is 6.36. The average Bonchev–Trinajstić information content (AvgIpc) is 2.70. The van der Waals surface area contributed by atoms with Gasteiger partial charge in [0.15, 0.2) is 0 Å². The largest absolute Gasteiger partial charge is 0.298 e. The first-order valence-corrected chi connectivity index (χ1v) is 4.86. The fourth-order valence-electron chi connectivity index (χ4n) is 1.58. The van der Waals surface area contributed by atoms with Crippen molar-refractivity contribution in [3.8, 4) is 0 Å². The van der Waals surface area contributed by atoms with Crippen LogP contribution in [0.25, 0.3) is 0 Å². The highest BCUT2D eigenvalue weighted by molar-refractivity contribution is 8.03. The van der Waals surface area contributed by atoms with Gasteiger partial charge in [-0.2, -0.15) is 5.11 Å². The van der Waals surface area contributed by atoms with E-state index in [0.29, 0.717) is 5.57 Å². The number of dihydropyridines is 1. The Morgan fingerprint density at radius 1 is 1.38 bits per heavy atom. The van der Waals surface area contributed by atoms with Gasteiger partial charge in [0.2, 0.25) is 0 Å². The Morgan fingerprint density at radius 3 is 3.23 bits per heavy atom. The monoisotopic (exact) mass is 191 g/mol. The quantitative estimate of drug-likeness (QED) is 0.583. The highest BCUT2D eigenvalue weighted by Gasteiger charge is 2.35. The Balaban J connectivity index is 2.12. The SMILES string of the molecule is O=C1N=NC2=C1C=NC1SC=CC21. The van der Waals surface area contributed by atoms with Gasteiger partial charge in [0.05, 0.1) is 17.2 Å². The summed E-state index contributed by atoms with van der Waals surface area (Å²) in [6.45, 7) is 0. The van der Waals surface area contributed by atoms with Gasteiger partial charge in [0.1, 0.15) is 5.37 Å². The van der Waals surface area contributed by atoms with Crippen LogP contribution in [-0.2, 0) is 4.79 Å². The van der Waals surface area contributed by atoms with Gasteiger partial charge in [-0.1, -0.05) is 6.08 Å². The van der Waals surface area contributed by atoms with E-state index < -0.39 is 0 Å². The molecule has 0 bridgehead atoms. The maximum atomic E-state index is 11.2. The van der Waals surface area contributed by atoms with E-state index in [2.05, 4.69) is 15.2 Å². The summed E-state index contributed by atoms with van der Waals surface area (Å²) >= 11 is 1.65. The lowest BCUT2D eigenvalue weighted by atomic mass is 9.99. The summed E-state index contributed by atoms with van der Waals surface area (Å²) in [4.78, 5) is 15.4. The summed E-state index contributed by atoms with van der Waals surface area (Å²) in [5.74, 6) is -0.109. The minimum Gasteiger partial charge on any atom is -0.277 e. The maximum absolute atomic E-state index is 11.2. The fraction of sp³-hybridized carbons (Fsp3) is 0.250. The summed E-state index contributed by atoms with van der Waals surface area (Å²) < 4.78 is 0. The molecule has 0 spiro atoms. The lowest BCUT2D eigenvalue weighted by Gasteiger charge is -2.17. The number of thioether (sulfide) groups is 1. The van der Waals surface area contributed by atoms with Crippen LogP contribution in [0.4, 0.5) is 0 Å². The van der Waals surface area contributed by atoms with Gasteiger partial charge in [-0.05, 0) is 5.41 Å². The Bertz CT molecular complexity index is 408. The van der Waals surface area contributed by atoms with Crippen LogP contribution in [0.2, 0.25) is 0 Å². The van der Waals surface area contributed by atoms with E-state index in [-0.39, 0.29) is 17.2 Å². The number of hydrogen-bond donors (Lipinski definition) is 0. The first-order valence-electron chi connectivity index (χ1n) is 3.92. The number of carbonyl (C=O) groups excluding carboxylic acids is 1. The van der Waals surface area contributed by atoms with E-state index in [4.69, 9.17) is 0 Å². The second kappa shape index (κ2) is 2.38. The van der Waals surface area contributed by atoms with Crippen molar-refractivity contribution in [1.29, 1.82) is 0 Å². The van der Waals surface area contributed by atoms with Gasteiger partial charge < -0.3 is 0 Å². The zero-order valence-electron chi connectivity index (χ0n) is 6.54. The molecule has 0 saturated heterocycles.